The predicted molar refractivity (Wildman–Crippen MR) is 368 cm³/mol. The summed E-state index contributed by atoms with van der Waals surface area (Å²) < 4.78 is 68.3. The number of aliphatic hydroxyl groups is 1. The summed E-state index contributed by atoms with van der Waals surface area (Å²) in [5.41, 5.74) is 0. The van der Waals surface area contributed by atoms with Gasteiger partial charge in [-0.3, -0.25) is 37.3 Å². The SMILES string of the molecule is CCCCCCCCCCCCCC(=O)O[C@H](COC(=O)CCCCCCCCCC)COP(=O)(O)OC[C@H](O)COP(=O)(O)OC[C@@H](COC(=O)CCCCCCCCCCCCC(C)CC)OC(=O)CCCCCCCCCCCCCCCCC(C)CC. The van der Waals surface area contributed by atoms with E-state index in [4.69, 9.17) is 37.0 Å². The first-order valence-corrected chi connectivity index (χ1v) is 40.6. The first-order chi connectivity index (χ1) is 43.9. The summed E-state index contributed by atoms with van der Waals surface area (Å²) in [6, 6.07) is 0. The molecule has 0 aliphatic rings. The number of ether oxygens (including phenoxy) is 4. The fourth-order valence-electron chi connectivity index (χ4n) is 10.9. The summed E-state index contributed by atoms with van der Waals surface area (Å²) in [5.74, 6) is -0.467. The van der Waals surface area contributed by atoms with Crippen LogP contribution in [0.1, 0.15) is 369 Å². The Morgan fingerprint density at radius 3 is 0.780 bits per heavy atom. The lowest BCUT2D eigenvalue weighted by Crippen LogP contribution is -2.30. The number of phosphoric acid groups is 2. The molecular weight excluding hydrogens is 1200 g/mol. The first-order valence-electron chi connectivity index (χ1n) is 37.6. The van der Waals surface area contributed by atoms with Crippen molar-refractivity contribution in [1.29, 1.82) is 0 Å². The van der Waals surface area contributed by atoms with Crippen molar-refractivity contribution >= 4 is 39.5 Å². The number of carbonyl (C=O) groups is 4. The third-order valence-electron chi connectivity index (χ3n) is 17.4. The molecule has 0 amide bonds. The Morgan fingerprint density at radius 2 is 0.527 bits per heavy atom. The molecule has 0 heterocycles. The number of hydrogen-bond acceptors (Lipinski definition) is 15. The number of carbonyl (C=O) groups excluding carboxylic acids is 4. The summed E-state index contributed by atoms with van der Waals surface area (Å²) in [6.45, 7) is 9.62. The predicted octanol–water partition coefficient (Wildman–Crippen LogP) is 20.8. The zero-order valence-corrected chi connectivity index (χ0v) is 60.9. The van der Waals surface area contributed by atoms with Gasteiger partial charge in [0.05, 0.1) is 26.4 Å². The van der Waals surface area contributed by atoms with Gasteiger partial charge in [-0.2, -0.15) is 0 Å². The van der Waals surface area contributed by atoms with Crippen molar-refractivity contribution < 1.29 is 80.2 Å². The van der Waals surface area contributed by atoms with Crippen molar-refractivity contribution in [2.75, 3.05) is 39.6 Å². The second-order valence-corrected chi connectivity index (χ2v) is 29.4. The molecule has 0 rings (SSSR count). The number of phosphoric ester groups is 2. The Bertz CT molecular complexity index is 1770. The monoisotopic (exact) mass is 1340 g/mol. The zero-order valence-electron chi connectivity index (χ0n) is 59.1. The Hall–Kier alpha value is -1.94. The highest BCUT2D eigenvalue weighted by atomic mass is 31.2. The molecule has 0 aliphatic carbocycles. The Labute approximate surface area is 556 Å². The van der Waals surface area contributed by atoms with Gasteiger partial charge in [0.1, 0.15) is 19.3 Å². The van der Waals surface area contributed by atoms with Gasteiger partial charge in [0.2, 0.25) is 0 Å². The Morgan fingerprint density at radius 1 is 0.308 bits per heavy atom. The van der Waals surface area contributed by atoms with Gasteiger partial charge in [-0.15, -0.1) is 0 Å². The van der Waals surface area contributed by atoms with Crippen molar-refractivity contribution in [1.82, 2.24) is 0 Å². The maximum absolute atomic E-state index is 13.0. The third-order valence-corrected chi connectivity index (χ3v) is 19.3. The fraction of sp³-hybridized carbons (Fsp3) is 0.944. The Kier molecular flexibility index (Phi) is 62.7. The molecule has 0 aliphatic heterocycles. The molecule has 91 heavy (non-hydrogen) atoms. The molecule has 4 unspecified atom stereocenters. The highest BCUT2D eigenvalue weighted by Gasteiger charge is 2.30. The van der Waals surface area contributed by atoms with Crippen LogP contribution in [0.4, 0.5) is 0 Å². The lowest BCUT2D eigenvalue weighted by Gasteiger charge is -2.21. The highest BCUT2D eigenvalue weighted by molar-refractivity contribution is 7.47. The van der Waals surface area contributed by atoms with Gasteiger partial charge in [0.25, 0.3) is 0 Å². The topological polar surface area (TPSA) is 237 Å². The van der Waals surface area contributed by atoms with E-state index in [1.165, 1.54) is 180 Å². The van der Waals surface area contributed by atoms with Crippen molar-refractivity contribution in [3.63, 3.8) is 0 Å². The number of hydrogen-bond donors (Lipinski definition) is 3. The number of rotatable bonds is 71. The Balaban J connectivity index is 5.22. The quantitative estimate of drug-likeness (QED) is 0.0222. The molecule has 19 heteroatoms. The maximum Gasteiger partial charge on any atom is 0.472 e. The van der Waals surface area contributed by atoms with Gasteiger partial charge in [-0.25, -0.2) is 9.13 Å². The normalized spacial score (nSPS) is 14.7. The largest absolute Gasteiger partial charge is 0.472 e. The fourth-order valence-corrected chi connectivity index (χ4v) is 12.5. The number of aliphatic hydroxyl groups excluding tert-OH is 1. The standard InChI is InChI=1S/C72H140O17P2/c1-7-11-13-15-17-19-24-32-38-44-50-56-71(76)88-67(60-82-69(74)54-48-42-36-18-16-14-12-8-2)62-86-90(78,79)84-58-66(73)59-85-91(80,81)87-63-68(61-83-70(75)55-49-43-37-31-28-27-30-35-41-47-53-65(6)10-4)89-72(77)57-51-45-39-33-26-23-21-20-22-25-29-34-40-46-52-64(5)9-3/h64-68,73H,7-63H2,1-6H3,(H,78,79)(H,80,81)/t64?,65?,66-,67+,68+/m0/s1. The van der Waals surface area contributed by atoms with E-state index in [-0.39, 0.29) is 25.7 Å². The molecule has 0 saturated heterocycles. The van der Waals surface area contributed by atoms with Gasteiger partial charge in [-0.1, -0.05) is 318 Å². The van der Waals surface area contributed by atoms with Crippen LogP contribution in [0.25, 0.3) is 0 Å². The van der Waals surface area contributed by atoms with E-state index in [2.05, 4.69) is 41.5 Å². The smallest absolute Gasteiger partial charge is 0.462 e. The third kappa shape index (κ3) is 63.9. The molecular formula is C72H140O17P2. The van der Waals surface area contributed by atoms with Gasteiger partial charge in [0, 0.05) is 25.7 Å². The molecule has 0 fully saturated rings. The van der Waals surface area contributed by atoms with Crippen molar-refractivity contribution in [3.05, 3.63) is 0 Å². The van der Waals surface area contributed by atoms with Gasteiger partial charge < -0.3 is 33.8 Å². The van der Waals surface area contributed by atoms with Crippen LogP contribution >= 0.6 is 15.6 Å². The van der Waals surface area contributed by atoms with Crippen LogP contribution in [-0.2, 0) is 65.4 Å². The molecule has 0 aromatic heterocycles. The average Bonchev–Trinajstić information content (AvgIpc) is 3.71. The van der Waals surface area contributed by atoms with Crippen LogP contribution in [0.5, 0.6) is 0 Å². The number of esters is 4. The van der Waals surface area contributed by atoms with E-state index in [9.17, 15) is 43.2 Å². The molecule has 0 aromatic rings. The van der Waals surface area contributed by atoms with Gasteiger partial charge >= 0.3 is 39.5 Å². The minimum absolute atomic E-state index is 0.107. The van der Waals surface area contributed by atoms with E-state index < -0.39 is 97.5 Å². The van der Waals surface area contributed by atoms with Crippen LogP contribution in [0.15, 0.2) is 0 Å². The molecule has 0 bridgehead atoms. The van der Waals surface area contributed by atoms with E-state index in [0.717, 1.165) is 108 Å². The van der Waals surface area contributed by atoms with Crippen molar-refractivity contribution in [3.8, 4) is 0 Å². The van der Waals surface area contributed by atoms with Crippen molar-refractivity contribution in [2.45, 2.75) is 387 Å². The van der Waals surface area contributed by atoms with Gasteiger partial charge in [0.15, 0.2) is 12.2 Å². The summed E-state index contributed by atoms with van der Waals surface area (Å²) in [7, 11) is -9.90. The van der Waals surface area contributed by atoms with E-state index in [1.54, 1.807) is 0 Å². The molecule has 3 N–H and O–H groups in total. The molecule has 0 spiro atoms. The zero-order chi connectivity index (χ0) is 67.2. The first kappa shape index (κ1) is 89.1. The maximum atomic E-state index is 13.0. The number of unbranched alkanes of at least 4 members (excludes halogenated alkanes) is 39. The second-order valence-electron chi connectivity index (χ2n) is 26.5. The average molecular weight is 1340 g/mol. The van der Waals surface area contributed by atoms with Crippen LogP contribution in [0, 0.1) is 11.8 Å². The molecule has 7 atom stereocenters. The molecule has 17 nitrogen and oxygen atoms in total. The summed E-state index contributed by atoms with van der Waals surface area (Å²) >= 11 is 0. The van der Waals surface area contributed by atoms with E-state index >= 15 is 0 Å². The molecule has 540 valence electrons. The summed E-state index contributed by atoms with van der Waals surface area (Å²) in [6.07, 6.45) is 49.8. The second kappa shape index (κ2) is 64.1. The highest BCUT2D eigenvalue weighted by Crippen LogP contribution is 2.45. The lowest BCUT2D eigenvalue weighted by atomic mass is 9.99. The van der Waals surface area contributed by atoms with E-state index in [0.29, 0.717) is 25.7 Å². The minimum atomic E-state index is -4.95. The lowest BCUT2D eigenvalue weighted by molar-refractivity contribution is -0.161. The van der Waals surface area contributed by atoms with Crippen LogP contribution < -0.4 is 0 Å². The summed E-state index contributed by atoms with van der Waals surface area (Å²) in [4.78, 5) is 72.5. The minimum Gasteiger partial charge on any atom is -0.462 e. The van der Waals surface area contributed by atoms with Crippen LogP contribution in [0.3, 0.4) is 0 Å². The molecule has 0 aromatic carbocycles. The van der Waals surface area contributed by atoms with Crippen molar-refractivity contribution in [2.24, 2.45) is 11.8 Å². The summed E-state index contributed by atoms with van der Waals surface area (Å²) in [5, 5.41) is 10.6. The molecule has 0 radical (unpaired) electrons. The molecule has 0 saturated carbocycles. The van der Waals surface area contributed by atoms with E-state index in [1.807, 2.05) is 0 Å². The van der Waals surface area contributed by atoms with Gasteiger partial charge in [-0.05, 0) is 37.5 Å². The van der Waals surface area contributed by atoms with Crippen LogP contribution in [0.2, 0.25) is 0 Å². The van der Waals surface area contributed by atoms with Crippen LogP contribution in [-0.4, -0.2) is 96.7 Å².